The third-order valence-electron chi connectivity index (χ3n) is 7.57. The van der Waals surface area contributed by atoms with Gasteiger partial charge < -0.3 is 15.0 Å². The topological polar surface area (TPSA) is 78.2 Å². The van der Waals surface area contributed by atoms with E-state index in [1.807, 2.05) is 26.8 Å². The van der Waals surface area contributed by atoms with Crippen LogP contribution in [0.1, 0.15) is 49.4 Å². The first-order valence-electron chi connectivity index (χ1n) is 10.4. The summed E-state index contributed by atoms with van der Waals surface area (Å²) in [6.45, 7) is 8.34. The lowest BCUT2D eigenvalue weighted by molar-refractivity contribution is -0.126. The number of pyridine rings is 1. The number of aryl methyl sites for hydroxylation is 2. The quantitative estimate of drug-likeness (QED) is 0.868. The van der Waals surface area contributed by atoms with Gasteiger partial charge in [0.25, 0.3) is 0 Å². The SMILES string of the molecule is Cc1cc(C)c(C#N)c(N2C[C@@H]3[C@H](CNC(=O)C4(C)CC4)[C@H]4CC[C@]3(C2)O4)n1. The van der Waals surface area contributed by atoms with Crippen molar-refractivity contribution in [1.82, 2.24) is 10.3 Å². The second-order valence-electron chi connectivity index (χ2n) is 9.57. The first kappa shape index (κ1) is 17.9. The van der Waals surface area contributed by atoms with Crippen molar-refractivity contribution in [1.29, 1.82) is 5.26 Å². The van der Waals surface area contributed by atoms with Crippen LogP contribution in [0.3, 0.4) is 0 Å². The van der Waals surface area contributed by atoms with Gasteiger partial charge in [0.15, 0.2) is 0 Å². The molecule has 148 valence electrons. The van der Waals surface area contributed by atoms with Crippen LogP contribution in [0.5, 0.6) is 0 Å². The molecule has 4 atom stereocenters. The molecule has 4 fully saturated rings. The summed E-state index contributed by atoms with van der Waals surface area (Å²) in [6, 6.07) is 4.32. The number of nitrogens with zero attached hydrogens (tertiary/aromatic N) is 3. The number of hydrogen-bond acceptors (Lipinski definition) is 5. The fourth-order valence-electron chi connectivity index (χ4n) is 5.65. The number of ether oxygens (including phenoxy) is 1. The molecule has 4 aliphatic rings. The molecule has 0 unspecified atom stereocenters. The predicted octanol–water partition coefficient (Wildman–Crippen LogP) is 2.47. The number of carbonyl (C=O) groups excluding carboxylic acids is 1. The normalized spacial score (nSPS) is 34.2. The summed E-state index contributed by atoms with van der Waals surface area (Å²) in [5, 5.41) is 12.9. The van der Waals surface area contributed by atoms with E-state index in [4.69, 9.17) is 9.72 Å². The highest BCUT2D eigenvalue weighted by Crippen LogP contribution is 2.55. The number of nitrogens with one attached hydrogen (secondary N) is 1. The van der Waals surface area contributed by atoms with Gasteiger partial charge in [-0.1, -0.05) is 6.92 Å². The number of anilines is 1. The number of carbonyl (C=O) groups is 1. The van der Waals surface area contributed by atoms with E-state index in [1.54, 1.807) is 0 Å². The van der Waals surface area contributed by atoms with Crippen LogP contribution in [0, 0.1) is 42.4 Å². The Labute approximate surface area is 166 Å². The number of hydrogen-bond donors (Lipinski definition) is 1. The van der Waals surface area contributed by atoms with Gasteiger partial charge in [0.05, 0.1) is 17.3 Å². The van der Waals surface area contributed by atoms with Crippen molar-refractivity contribution >= 4 is 11.7 Å². The number of aromatic nitrogens is 1. The summed E-state index contributed by atoms with van der Waals surface area (Å²) >= 11 is 0. The summed E-state index contributed by atoms with van der Waals surface area (Å²) in [5.74, 6) is 1.72. The Bertz CT molecular complexity index is 887. The second kappa shape index (κ2) is 5.93. The zero-order valence-corrected chi connectivity index (χ0v) is 16.9. The van der Waals surface area contributed by atoms with E-state index in [9.17, 15) is 10.1 Å². The molecule has 1 aromatic heterocycles. The highest BCUT2D eigenvalue weighted by molar-refractivity contribution is 5.84. The number of rotatable bonds is 4. The molecule has 6 nitrogen and oxygen atoms in total. The van der Waals surface area contributed by atoms with Crippen LogP contribution in [0.2, 0.25) is 0 Å². The monoisotopic (exact) mass is 380 g/mol. The summed E-state index contributed by atoms with van der Waals surface area (Å²) in [5.41, 5.74) is 2.31. The van der Waals surface area contributed by atoms with Crippen LogP contribution in [-0.4, -0.2) is 42.2 Å². The van der Waals surface area contributed by atoms with Gasteiger partial charge >= 0.3 is 0 Å². The zero-order valence-electron chi connectivity index (χ0n) is 16.9. The molecule has 1 aromatic rings. The second-order valence-corrected chi connectivity index (χ2v) is 9.57. The van der Waals surface area contributed by atoms with Crippen LogP contribution in [-0.2, 0) is 9.53 Å². The molecule has 6 heteroatoms. The largest absolute Gasteiger partial charge is 0.369 e. The Morgan fingerprint density at radius 1 is 1.43 bits per heavy atom. The molecule has 5 rings (SSSR count). The molecule has 0 radical (unpaired) electrons. The Kier molecular flexibility index (Phi) is 3.80. The van der Waals surface area contributed by atoms with Gasteiger partial charge in [-0.05, 0) is 51.2 Å². The highest BCUT2D eigenvalue weighted by atomic mass is 16.5. The van der Waals surface area contributed by atoms with Crippen LogP contribution >= 0.6 is 0 Å². The van der Waals surface area contributed by atoms with Crippen molar-refractivity contribution in [3.63, 3.8) is 0 Å². The molecule has 4 heterocycles. The molecule has 28 heavy (non-hydrogen) atoms. The van der Waals surface area contributed by atoms with E-state index in [1.165, 1.54) is 0 Å². The Morgan fingerprint density at radius 2 is 2.21 bits per heavy atom. The Balaban J connectivity index is 1.37. The van der Waals surface area contributed by atoms with Crippen LogP contribution in [0.4, 0.5) is 5.82 Å². The molecule has 1 amide bonds. The smallest absolute Gasteiger partial charge is 0.225 e. The van der Waals surface area contributed by atoms with Crippen LogP contribution < -0.4 is 10.2 Å². The maximum atomic E-state index is 12.4. The summed E-state index contributed by atoms with van der Waals surface area (Å²) in [6.07, 6.45) is 4.38. The average Bonchev–Trinajstić information content (AvgIpc) is 3.03. The molecular formula is C22H28N4O2. The third-order valence-corrected chi connectivity index (χ3v) is 7.57. The minimum Gasteiger partial charge on any atom is -0.369 e. The van der Waals surface area contributed by atoms with E-state index >= 15 is 0 Å². The fraction of sp³-hybridized carbons (Fsp3) is 0.682. The first-order valence-corrected chi connectivity index (χ1v) is 10.4. The minimum atomic E-state index is -0.143. The maximum Gasteiger partial charge on any atom is 0.225 e. The first-order chi connectivity index (χ1) is 13.3. The predicted molar refractivity (Wildman–Crippen MR) is 105 cm³/mol. The molecule has 1 N–H and O–H groups in total. The minimum absolute atomic E-state index is 0.136. The van der Waals surface area contributed by atoms with E-state index in [0.29, 0.717) is 23.9 Å². The van der Waals surface area contributed by atoms with Crippen molar-refractivity contribution in [2.45, 2.75) is 58.2 Å². The van der Waals surface area contributed by atoms with E-state index < -0.39 is 0 Å². The lowest BCUT2D eigenvalue weighted by Gasteiger charge is -2.29. The van der Waals surface area contributed by atoms with Crippen molar-refractivity contribution in [3.8, 4) is 6.07 Å². The molecule has 3 aliphatic heterocycles. The van der Waals surface area contributed by atoms with Crippen LogP contribution in [0.15, 0.2) is 6.07 Å². The Morgan fingerprint density at radius 3 is 2.93 bits per heavy atom. The van der Waals surface area contributed by atoms with Gasteiger partial charge in [-0.3, -0.25) is 4.79 Å². The number of fused-ring (bicyclic) bond motifs is 1. The van der Waals surface area contributed by atoms with Crippen molar-refractivity contribution < 1.29 is 9.53 Å². The van der Waals surface area contributed by atoms with Gasteiger partial charge in [0.1, 0.15) is 11.9 Å². The van der Waals surface area contributed by atoms with Crippen molar-refractivity contribution in [2.24, 2.45) is 17.3 Å². The molecular weight excluding hydrogens is 352 g/mol. The van der Waals surface area contributed by atoms with E-state index in [2.05, 4.69) is 16.3 Å². The molecule has 2 bridgehead atoms. The van der Waals surface area contributed by atoms with Gasteiger partial charge in [-0.2, -0.15) is 5.26 Å². The van der Waals surface area contributed by atoms with Gasteiger partial charge in [0.2, 0.25) is 5.91 Å². The zero-order chi connectivity index (χ0) is 19.7. The van der Waals surface area contributed by atoms with Gasteiger partial charge in [-0.25, -0.2) is 4.98 Å². The van der Waals surface area contributed by atoms with E-state index in [-0.39, 0.29) is 23.0 Å². The molecule has 1 saturated carbocycles. The van der Waals surface area contributed by atoms with Crippen molar-refractivity contribution in [2.75, 3.05) is 24.5 Å². The lowest BCUT2D eigenvalue weighted by Crippen LogP contribution is -2.43. The number of amides is 1. The lowest BCUT2D eigenvalue weighted by atomic mass is 9.73. The molecule has 1 aliphatic carbocycles. The standard InChI is InChI=1S/C22H28N4O2/c1-13-8-14(2)25-19(15(13)9-23)26-11-17-16(10-24-20(27)21(3)6-7-21)18-4-5-22(17,12-26)28-18/h8,16-18H,4-7,10-12H2,1-3H3,(H,24,27)/t16-,17+,18+,22+/m0/s1. The summed E-state index contributed by atoms with van der Waals surface area (Å²) in [7, 11) is 0. The maximum absolute atomic E-state index is 12.4. The molecule has 1 spiro atoms. The molecule has 3 saturated heterocycles. The van der Waals surface area contributed by atoms with Gasteiger partial charge in [-0.15, -0.1) is 0 Å². The van der Waals surface area contributed by atoms with Gasteiger partial charge in [0, 0.05) is 42.6 Å². The summed E-state index contributed by atoms with van der Waals surface area (Å²) in [4.78, 5) is 19.4. The van der Waals surface area contributed by atoms with Crippen molar-refractivity contribution in [3.05, 3.63) is 22.9 Å². The fourth-order valence-corrected chi connectivity index (χ4v) is 5.65. The number of nitriles is 1. The Hall–Kier alpha value is -2.13. The van der Waals surface area contributed by atoms with E-state index in [0.717, 1.165) is 55.8 Å². The van der Waals surface area contributed by atoms with Crippen LogP contribution in [0.25, 0.3) is 0 Å². The highest BCUT2D eigenvalue weighted by Gasteiger charge is 2.63. The third kappa shape index (κ3) is 2.56. The summed E-state index contributed by atoms with van der Waals surface area (Å²) < 4.78 is 6.51. The average molecular weight is 380 g/mol. The molecule has 0 aromatic carbocycles.